The Morgan fingerprint density at radius 2 is 2.13 bits per heavy atom. The fourth-order valence-corrected chi connectivity index (χ4v) is 1.58. The van der Waals surface area contributed by atoms with Crippen molar-refractivity contribution >= 4 is 11.8 Å². The van der Waals surface area contributed by atoms with Gasteiger partial charge in [-0.05, 0) is 12.3 Å². The van der Waals surface area contributed by atoms with Crippen molar-refractivity contribution in [3.8, 4) is 0 Å². The van der Waals surface area contributed by atoms with Crippen molar-refractivity contribution in [1.29, 1.82) is 0 Å². The highest BCUT2D eigenvalue weighted by Gasteiger charge is 2.28. The van der Waals surface area contributed by atoms with Crippen LogP contribution in [0.15, 0.2) is 0 Å². The maximum Gasteiger partial charge on any atom is 0.240 e. The zero-order valence-corrected chi connectivity index (χ0v) is 9.16. The number of carbonyl (C=O) groups excluding carboxylic acids is 2. The molecule has 0 radical (unpaired) electrons. The molecule has 5 heteroatoms. The average Bonchev–Trinajstić information content (AvgIpc) is 2.65. The molecule has 1 saturated heterocycles. The van der Waals surface area contributed by atoms with E-state index in [0.29, 0.717) is 13.2 Å². The van der Waals surface area contributed by atoms with Gasteiger partial charge in [-0.25, -0.2) is 0 Å². The molecule has 15 heavy (non-hydrogen) atoms. The van der Waals surface area contributed by atoms with Crippen LogP contribution in [-0.4, -0.2) is 31.1 Å². The number of hydrogen-bond donors (Lipinski definition) is 2. The summed E-state index contributed by atoms with van der Waals surface area (Å²) in [5, 5.41) is 2.66. The van der Waals surface area contributed by atoms with Crippen molar-refractivity contribution in [3.63, 3.8) is 0 Å². The third kappa shape index (κ3) is 3.20. The highest BCUT2D eigenvalue weighted by Crippen LogP contribution is 2.13. The zero-order valence-electron chi connectivity index (χ0n) is 9.16. The molecule has 0 bridgehead atoms. The van der Waals surface area contributed by atoms with Crippen LogP contribution in [0.2, 0.25) is 0 Å². The van der Waals surface area contributed by atoms with Gasteiger partial charge in [0.1, 0.15) is 6.04 Å². The van der Waals surface area contributed by atoms with Crippen molar-refractivity contribution < 1.29 is 14.3 Å². The fourth-order valence-electron chi connectivity index (χ4n) is 1.58. The molecule has 5 nitrogen and oxygen atoms in total. The van der Waals surface area contributed by atoms with Gasteiger partial charge in [-0.15, -0.1) is 0 Å². The molecule has 86 valence electrons. The molecule has 0 unspecified atom stereocenters. The monoisotopic (exact) mass is 214 g/mol. The predicted octanol–water partition coefficient (Wildman–Crippen LogP) is -0.351. The number of hydrogen-bond acceptors (Lipinski definition) is 3. The average molecular weight is 214 g/mol. The first-order chi connectivity index (χ1) is 7.02. The number of amides is 2. The Bertz CT molecular complexity index is 247. The first kappa shape index (κ1) is 12.0. The van der Waals surface area contributed by atoms with Crippen LogP contribution in [0.25, 0.3) is 0 Å². The lowest BCUT2D eigenvalue weighted by molar-refractivity contribution is -0.130. The molecule has 1 aliphatic rings. The lowest BCUT2D eigenvalue weighted by Crippen LogP contribution is -2.49. The van der Waals surface area contributed by atoms with Crippen LogP contribution in [0.4, 0.5) is 0 Å². The fraction of sp³-hybridized carbons (Fsp3) is 0.800. The van der Waals surface area contributed by atoms with E-state index < -0.39 is 11.9 Å². The summed E-state index contributed by atoms with van der Waals surface area (Å²) in [6.07, 6.45) is 0.718. The third-order valence-corrected chi connectivity index (χ3v) is 2.57. The lowest BCUT2D eigenvalue weighted by Gasteiger charge is -2.20. The second-order valence-electron chi connectivity index (χ2n) is 4.19. The van der Waals surface area contributed by atoms with Crippen LogP contribution in [0, 0.1) is 11.8 Å². The van der Waals surface area contributed by atoms with E-state index >= 15 is 0 Å². The summed E-state index contributed by atoms with van der Waals surface area (Å²) >= 11 is 0. The molecule has 2 atom stereocenters. The van der Waals surface area contributed by atoms with Gasteiger partial charge in [-0.1, -0.05) is 13.8 Å². The van der Waals surface area contributed by atoms with Crippen LogP contribution in [0.1, 0.15) is 20.3 Å². The summed E-state index contributed by atoms with van der Waals surface area (Å²) in [6.45, 7) is 4.75. The Morgan fingerprint density at radius 1 is 1.47 bits per heavy atom. The highest BCUT2D eigenvalue weighted by molar-refractivity contribution is 5.87. The summed E-state index contributed by atoms with van der Waals surface area (Å²) in [5.74, 6) is -0.748. The second-order valence-corrected chi connectivity index (χ2v) is 4.19. The van der Waals surface area contributed by atoms with Gasteiger partial charge in [0.25, 0.3) is 0 Å². The van der Waals surface area contributed by atoms with Gasteiger partial charge < -0.3 is 15.8 Å². The Labute approximate surface area is 89.3 Å². The first-order valence-corrected chi connectivity index (χ1v) is 5.19. The second kappa shape index (κ2) is 5.11. The van der Waals surface area contributed by atoms with Crippen molar-refractivity contribution in [3.05, 3.63) is 0 Å². The van der Waals surface area contributed by atoms with Gasteiger partial charge >= 0.3 is 0 Å². The standard InChI is InChI=1S/C10H18N2O3/c1-6(2)8(9(11)13)12-10(14)7-3-4-15-5-7/h6-8H,3-5H2,1-2H3,(H2,11,13)(H,12,14)/t7-,8-/m1/s1. The minimum atomic E-state index is -0.585. The van der Waals surface area contributed by atoms with E-state index in [1.165, 1.54) is 0 Å². The van der Waals surface area contributed by atoms with Crippen molar-refractivity contribution in [2.45, 2.75) is 26.3 Å². The molecule has 1 rings (SSSR count). The predicted molar refractivity (Wildman–Crippen MR) is 54.9 cm³/mol. The Hall–Kier alpha value is -1.10. The SMILES string of the molecule is CC(C)[C@@H](NC(=O)[C@@H]1CCOC1)C(N)=O. The maximum atomic E-state index is 11.7. The van der Waals surface area contributed by atoms with Crippen LogP contribution in [-0.2, 0) is 14.3 Å². The van der Waals surface area contributed by atoms with Crippen molar-refractivity contribution in [2.75, 3.05) is 13.2 Å². The summed E-state index contributed by atoms with van der Waals surface area (Å²) in [6, 6.07) is -0.585. The van der Waals surface area contributed by atoms with Crippen LogP contribution >= 0.6 is 0 Å². The van der Waals surface area contributed by atoms with Crippen LogP contribution in [0.3, 0.4) is 0 Å². The molecule has 0 saturated carbocycles. The Kier molecular flexibility index (Phi) is 4.08. The van der Waals surface area contributed by atoms with E-state index in [-0.39, 0.29) is 17.7 Å². The van der Waals surface area contributed by atoms with E-state index in [0.717, 1.165) is 6.42 Å². The Morgan fingerprint density at radius 3 is 2.53 bits per heavy atom. The van der Waals surface area contributed by atoms with E-state index in [9.17, 15) is 9.59 Å². The number of primary amides is 1. The molecule has 3 N–H and O–H groups in total. The molecule has 0 spiro atoms. The normalized spacial score (nSPS) is 22.7. The molecule has 0 aromatic heterocycles. The molecular formula is C10H18N2O3. The van der Waals surface area contributed by atoms with E-state index in [4.69, 9.17) is 10.5 Å². The Balaban J connectivity index is 2.50. The number of rotatable bonds is 4. The van der Waals surface area contributed by atoms with Gasteiger partial charge in [0.15, 0.2) is 0 Å². The van der Waals surface area contributed by atoms with Gasteiger partial charge in [-0.2, -0.15) is 0 Å². The van der Waals surface area contributed by atoms with E-state index in [1.54, 1.807) is 0 Å². The largest absolute Gasteiger partial charge is 0.381 e. The maximum absolute atomic E-state index is 11.7. The van der Waals surface area contributed by atoms with Crippen LogP contribution in [0.5, 0.6) is 0 Å². The van der Waals surface area contributed by atoms with Crippen molar-refractivity contribution in [1.82, 2.24) is 5.32 Å². The van der Waals surface area contributed by atoms with Gasteiger partial charge in [0.2, 0.25) is 11.8 Å². The summed E-state index contributed by atoms with van der Waals surface area (Å²) in [4.78, 5) is 22.7. The van der Waals surface area contributed by atoms with Gasteiger partial charge in [0.05, 0.1) is 12.5 Å². The van der Waals surface area contributed by atoms with Crippen LogP contribution < -0.4 is 11.1 Å². The van der Waals surface area contributed by atoms with Crippen molar-refractivity contribution in [2.24, 2.45) is 17.6 Å². The topological polar surface area (TPSA) is 81.4 Å². The van der Waals surface area contributed by atoms with Gasteiger partial charge in [-0.3, -0.25) is 9.59 Å². The van der Waals surface area contributed by atoms with Gasteiger partial charge in [0, 0.05) is 6.61 Å². The smallest absolute Gasteiger partial charge is 0.240 e. The molecule has 0 aliphatic carbocycles. The van der Waals surface area contributed by atoms with E-state index in [1.807, 2.05) is 13.8 Å². The third-order valence-electron chi connectivity index (χ3n) is 2.57. The summed E-state index contributed by atoms with van der Waals surface area (Å²) in [5.41, 5.74) is 5.20. The minimum Gasteiger partial charge on any atom is -0.381 e. The first-order valence-electron chi connectivity index (χ1n) is 5.19. The molecule has 0 aromatic carbocycles. The molecule has 1 heterocycles. The number of ether oxygens (including phenoxy) is 1. The summed E-state index contributed by atoms with van der Waals surface area (Å²) < 4.78 is 5.10. The molecular weight excluding hydrogens is 196 g/mol. The molecule has 2 amide bonds. The molecule has 1 fully saturated rings. The minimum absolute atomic E-state index is 0.00812. The molecule has 1 aliphatic heterocycles. The van der Waals surface area contributed by atoms with E-state index in [2.05, 4.69) is 5.32 Å². The highest BCUT2D eigenvalue weighted by atomic mass is 16.5. The molecule has 0 aromatic rings. The summed E-state index contributed by atoms with van der Waals surface area (Å²) in [7, 11) is 0. The zero-order chi connectivity index (χ0) is 11.4. The quantitative estimate of drug-likeness (QED) is 0.671. The lowest BCUT2D eigenvalue weighted by atomic mass is 10.0. The number of nitrogens with one attached hydrogen (secondary N) is 1. The number of nitrogens with two attached hydrogens (primary N) is 1. The number of carbonyl (C=O) groups is 2.